The van der Waals surface area contributed by atoms with Gasteiger partial charge >= 0.3 is 5.97 Å². The van der Waals surface area contributed by atoms with Crippen molar-refractivity contribution in [3.8, 4) is 0 Å². The third-order valence-electron chi connectivity index (χ3n) is 7.49. The number of hydrogen-bond acceptors (Lipinski definition) is 2. The molecule has 39 heavy (non-hydrogen) atoms. The van der Waals surface area contributed by atoms with E-state index in [0.29, 0.717) is 6.42 Å². The van der Waals surface area contributed by atoms with Crippen LogP contribution in [0.4, 0.5) is 0 Å². The maximum atomic E-state index is 10.9. The summed E-state index contributed by atoms with van der Waals surface area (Å²) >= 11 is 0. The van der Waals surface area contributed by atoms with Crippen molar-refractivity contribution in [1.29, 1.82) is 0 Å². The number of esters is 1. The quantitative estimate of drug-likeness (QED) is 0.0527. The molecule has 0 aliphatic rings. The maximum Gasteiger partial charge on any atom is 0.305 e. The Labute approximate surface area is 247 Å². The molecule has 0 amide bonds. The van der Waals surface area contributed by atoms with Crippen LogP contribution in [0.25, 0.3) is 0 Å². The number of hydrogen-bond donors (Lipinski definition) is 0. The largest absolute Gasteiger partial charge is 0.469 e. The fourth-order valence-electron chi connectivity index (χ4n) is 4.76. The summed E-state index contributed by atoms with van der Waals surface area (Å²) in [7, 11) is 1.46. The van der Waals surface area contributed by atoms with Crippen molar-refractivity contribution in [1.82, 2.24) is 0 Å². The van der Waals surface area contributed by atoms with Gasteiger partial charge in [0.25, 0.3) is 0 Å². The van der Waals surface area contributed by atoms with Crippen LogP contribution in [0.15, 0.2) is 24.3 Å². The van der Waals surface area contributed by atoms with Gasteiger partial charge in [0.15, 0.2) is 0 Å². The monoisotopic (exact) mass is 549 g/mol. The Kier molecular flexibility index (Phi) is 40.2. The third kappa shape index (κ3) is 41.6. The van der Waals surface area contributed by atoms with E-state index in [1.54, 1.807) is 0 Å². The number of carbonyl (C=O) groups is 1. The van der Waals surface area contributed by atoms with E-state index in [0.717, 1.165) is 12.8 Å². The number of unbranched alkanes of at least 4 members (excludes halogenated alkanes) is 23. The Bertz CT molecular complexity index is 476. The van der Waals surface area contributed by atoms with Crippen molar-refractivity contribution in [3.05, 3.63) is 24.3 Å². The molecule has 0 aromatic heterocycles. The van der Waals surface area contributed by atoms with Crippen molar-refractivity contribution in [2.24, 2.45) is 0 Å². The van der Waals surface area contributed by atoms with E-state index >= 15 is 0 Å². The fourth-order valence-corrected chi connectivity index (χ4v) is 4.76. The minimum Gasteiger partial charge on any atom is -0.469 e. The van der Waals surface area contributed by atoms with Gasteiger partial charge in [0.2, 0.25) is 0 Å². The van der Waals surface area contributed by atoms with E-state index in [1.165, 1.54) is 168 Å². The molecule has 0 aromatic rings. The second-order valence-electron chi connectivity index (χ2n) is 11.5. The zero-order chi connectivity index (χ0) is 28.9. The lowest BCUT2D eigenvalue weighted by molar-refractivity contribution is -0.140. The maximum absolute atomic E-state index is 10.9. The molecule has 0 heterocycles. The molecule has 0 aliphatic carbocycles. The van der Waals surface area contributed by atoms with Crippen molar-refractivity contribution in [2.45, 2.75) is 201 Å². The molecule has 0 aliphatic heterocycles. The Morgan fingerprint density at radius 2 is 0.667 bits per heavy atom. The smallest absolute Gasteiger partial charge is 0.305 e. The summed E-state index contributed by atoms with van der Waals surface area (Å²) in [6, 6.07) is 0. The predicted molar refractivity (Wildman–Crippen MR) is 177 cm³/mol. The summed E-state index contributed by atoms with van der Waals surface area (Å²) in [5.74, 6) is -0.0763. The highest BCUT2D eigenvalue weighted by Gasteiger charge is 1.98. The van der Waals surface area contributed by atoms with Gasteiger partial charge in [0, 0.05) is 6.42 Å². The van der Waals surface area contributed by atoms with E-state index in [1.807, 2.05) is 0 Å². The molecule has 2 heteroatoms. The van der Waals surface area contributed by atoms with Crippen molar-refractivity contribution in [2.75, 3.05) is 7.11 Å². The first-order chi connectivity index (χ1) is 19.2. The Morgan fingerprint density at radius 3 is 0.949 bits per heavy atom. The van der Waals surface area contributed by atoms with Gasteiger partial charge < -0.3 is 4.74 Å². The minimum atomic E-state index is -0.0763. The van der Waals surface area contributed by atoms with Gasteiger partial charge in [-0.15, -0.1) is 0 Å². The Hall–Kier alpha value is -1.05. The lowest BCUT2D eigenvalue weighted by Gasteiger charge is -2.00. The first-order valence-electron chi connectivity index (χ1n) is 17.6. The highest BCUT2D eigenvalue weighted by Crippen LogP contribution is 2.11. The summed E-state index contributed by atoms with van der Waals surface area (Å²) < 4.78 is 4.62. The summed E-state index contributed by atoms with van der Waals surface area (Å²) in [5, 5.41) is 0. The zero-order valence-electron chi connectivity index (χ0n) is 27.4. The van der Waals surface area contributed by atoms with Gasteiger partial charge in [0.1, 0.15) is 0 Å². The minimum absolute atomic E-state index is 0.0763. The Morgan fingerprint density at radius 1 is 0.410 bits per heavy atom. The fraction of sp³-hybridized carbons (Fsp3) is 0.865. The van der Waals surface area contributed by atoms with Crippen LogP contribution in [0.5, 0.6) is 0 Å². The van der Waals surface area contributed by atoms with E-state index in [9.17, 15) is 4.79 Å². The summed E-state index contributed by atoms with van der Waals surface area (Å²) in [4.78, 5) is 10.9. The molecule has 0 spiro atoms. The first kappa shape index (κ1) is 40.1. The molecule has 0 rings (SSSR count). The molecule has 0 atom stereocenters. The van der Waals surface area contributed by atoms with Gasteiger partial charge in [-0.25, -0.2) is 0 Å². The predicted octanol–water partition coefficient (Wildman–Crippen LogP) is 13.2. The molecule has 0 bridgehead atoms. The summed E-state index contributed by atoms with van der Waals surface area (Å²) in [5.41, 5.74) is 0. The number of rotatable bonds is 29. The highest BCUT2D eigenvalue weighted by molar-refractivity contribution is 5.68. The first-order valence-corrected chi connectivity index (χ1v) is 17.6. The summed E-state index contributed by atoms with van der Waals surface area (Å²) in [6.45, 7) is 6.83. The molecule has 0 unspecified atom stereocenters. The van der Waals surface area contributed by atoms with Gasteiger partial charge in [-0.05, 0) is 57.8 Å². The van der Waals surface area contributed by atoms with Crippen molar-refractivity contribution in [3.63, 3.8) is 0 Å². The number of carbonyl (C=O) groups excluding carboxylic acids is 1. The van der Waals surface area contributed by atoms with E-state index in [-0.39, 0.29) is 5.97 Å². The molecule has 0 radical (unpaired) electrons. The average Bonchev–Trinajstić information content (AvgIpc) is 2.95. The number of allylic oxidation sites excluding steroid dienone is 4. The lowest BCUT2D eigenvalue weighted by atomic mass is 10.1. The van der Waals surface area contributed by atoms with Gasteiger partial charge in [-0.2, -0.15) is 0 Å². The van der Waals surface area contributed by atoms with Crippen LogP contribution < -0.4 is 0 Å². The van der Waals surface area contributed by atoms with E-state index in [2.05, 4.69) is 49.8 Å². The molecular formula is C37H72O2. The highest BCUT2D eigenvalue weighted by atomic mass is 16.5. The lowest BCUT2D eigenvalue weighted by Crippen LogP contribution is -1.98. The van der Waals surface area contributed by atoms with Crippen LogP contribution >= 0.6 is 0 Å². The summed E-state index contributed by atoms with van der Waals surface area (Å²) in [6.07, 6.45) is 46.4. The number of ether oxygens (including phenoxy) is 1. The molecule has 0 saturated heterocycles. The average molecular weight is 549 g/mol. The third-order valence-corrected chi connectivity index (χ3v) is 7.49. The van der Waals surface area contributed by atoms with Gasteiger partial charge in [-0.1, -0.05) is 161 Å². The molecule has 0 saturated carbocycles. The van der Waals surface area contributed by atoms with Crippen LogP contribution in [-0.4, -0.2) is 13.1 Å². The van der Waals surface area contributed by atoms with E-state index in [4.69, 9.17) is 0 Å². The molecule has 0 fully saturated rings. The van der Waals surface area contributed by atoms with Gasteiger partial charge in [-0.3, -0.25) is 4.79 Å². The Balaban J connectivity index is 0. The second-order valence-corrected chi connectivity index (χ2v) is 11.5. The van der Waals surface area contributed by atoms with Crippen LogP contribution in [0, 0.1) is 0 Å². The molecule has 0 N–H and O–H groups in total. The zero-order valence-corrected chi connectivity index (χ0v) is 27.4. The normalized spacial score (nSPS) is 11.3. The number of methoxy groups -OCH3 is 1. The van der Waals surface area contributed by atoms with Gasteiger partial charge in [0.05, 0.1) is 7.11 Å². The second kappa shape index (κ2) is 39.1. The molecule has 0 aromatic carbocycles. The topological polar surface area (TPSA) is 26.3 Å². The molecule has 2 nitrogen and oxygen atoms in total. The van der Waals surface area contributed by atoms with Crippen molar-refractivity contribution < 1.29 is 9.53 Å². The van der Waals surface area contributed by atoms with Crippen LogP contribution in [0.2, 0.25) is 0 Å². The SMILES string of the molecule is CCCCCCCCC=CCCCCCCCC.CCCCCCCCC=CCCCCCCCC(=O)OC. The van der Waals surface area contributed by atoms with Crippen LogP contribution in [0.1, 0.15) is 201 Å². The van der Waals surface area contributed by atoms with E-state index < -0.39 is 0 Å². The van der Waals surface area contributed by atoms with Crippen molar-refractivity contribution >= 4 is 5.97 Å². The van der Waals surface area contributed by atoms with Crippen LogP contribution in [0.3, 0.4) is 0 Å². The molecular weight excluding hydrogens is 476 g/mol. The molecule has 232 valence electrons. The van der Waals surface area contributed by atoms with Crippen LogP contribution in [-0.2, 0) is 9.53 Å². The standard InChI is InChI=1S/C19H36O2.C18H36/c1-3-4-5-6-7-8-9-10-11-12-13-14-15-16-17-18-19(20)21-2;1-3-5-7-9-11-13-15-17-18-16-14-12-10-8-6-4-2/h10-11H,3-9,12-18H2,1-2H3;17-18H,3-16H2,1-2H3.